The molecule has 0 spiro atoms. The molecule has 20 heavy (non-hydrogen) atoms. The molecule has 0 amide bonds. The Morgan fingerprint density at radius 3 is 2.45 bits per heavy atom. The molecular weight excluding hydrogens is 252 g/mol. The van der Waals surface area contributed by atoms with Crippen molar-refractivity contribution in [2.24, 2.45) is 0 Å². The van der Waals surface area contributed by atoms with Gasteiger partial charge in [0.15, 0.2) is 0 Å². The van der Waals surface area contributed by atoms with E-state index in [0.717, 1.165) is 25.1 Å². The maximum atomic E-state index is 5.39. The maximum absolute atomic E-state index is 5.39. The summed E-state index contributed by atoms with van der Waals surface area (Å²) < 4.78 is 5.39. The molecule has 2 unspecified atom stereocenters. The highest BCUT2D eigenvalue weighted by atomic mass is 16.5. The fourth-order valence-electron chi connectivity index (χ4n) is 2.37. The summed E-state index contributed by atoms with van der Waals surface area (Å²) in [6, 6.07) is 0.0751. The van der Waals surface area contributed by atoms with Gasteiger partial charge in [0.2, 0.25) is 5.88 Å². The Morgan fingerprint density at radius 1 is 1.30 bits per heavy atom. The van der Waals surface area contributed by atoms with Crippen molar-refractivity contribution in [3.63, 3.8) is 0 Å². The van der Waals surface area contributed by atoms with E-state index in [2.05, 4.69) is 55.1 Å². The first-order valence-corrected chi connectivity index (χ1v) is 7.26. The molecule has 0 aliphatic rings. The van der Waals surface area contributed by atoms with Crippen LogP contribution in [0.5, 0.6) is 5.88 Å². The second-order valence-electron chi connectivity index (χ2n) is 5.44. The van der Waals surface area contributed by atoms with Crippen molar-refractivity contribution in [3.05, 3.63) is 18.1 Å². The molecule has 0 aromatic carbocycles. The van der Waals surface area contributed by atoms with E-state index in [-0.39, 0.29) is 11.6 Å². The largest absolute Gasteiger partial charge is 0.480 e. The van der Waals surface area contributed by atoms with Crippen LogP contribution in [0, 0.1) is 0 Å². The van der Waals surface area contributed by atoms with Crippen molar-refractivity contribution in [1.29, 1.82) is 0 Å². The monoisotopic (exact) mass is 280 g/mol. The molecule has 0 saturated heterocycles. The summed E-state index contributed by atoms with van der Waals surface area (Å²) in [7, 11) is 5.85. The van der Waals surface area contributed by atoms with Crippen LogP contribution in [0.15, 0.2) is 12.4 Å². The summed E-state index contributed by atoms with van der Waals surface area (Å²) >= 11 is 0. The first-order chi connectivity index (χ1) is 9.51. The summed E-state index contributed by atoms with van der Waals surface area (Å²) in [4.78, 5) is 11.1. The van der Waals surface area contributed by atoms with E-state index in [4.69, 9.17) is 4.74 Å². The van der Waals surface area contributed by atoms with Crippen LogP contribution < -0.4 is 10.1 Å². The molecule has 0 aliphatic heterocycles. The van der Waals surface area contributed by atoms with Crippen molar-refractivity contribution in [2.75, 3.05) is 27.7 Å². The second kappa shape index (κ2) is 7.55. The van der Waals surface area contributed by atoms with Crippen molar-refractivity contribution in [2.45, 2.75) is 45.2 Å². The SMILES string of the molecule is CCCNC(c1nccnc1OC)C(C)(CC)N(C)C. The molecule has 1 rings (SSSR count). The molecule has 2 atom stereocenters. The van der Waals surface area contributed by atoms with Gasteiger partial charge >= 0.3 is 0 Å². The molecule has 0 bridgehead atoms. The van der Waals surface area contributed by atoms with Gasteiger partial charge in [-0.3, -0.25) is 4.98 Å². The fourth-order valence-corrected chi connectivity index (χ4v) is 2.37. The Kier molecular flexibility index (Phi) is 6.36. The lowest BCUT2D eigenvalue weighted by Crippen LogP contribution is -2.51. The molecule has 5 nitrogen and oxygen atoms in total. The molecule has 114 valence electrons. The highest BCUT2D eigenvalue weighted by molar-refractivity contribution is 5.25. The van der Waals surface area contributed by atoms with Crippen LogP contribution in [0.3, 0.4) is 0 Å². The number of hydrogen-bond acceptors (Lipinski definition) is 5. The summed E-state index contributed by atoms with van der Waals surface area (Å²) in [6.45, 7) is 7.54. The first kappa shape index (κ1) is 16.9. The minimum absolute atomic E-state index is 0.0571. The Labute approximate surface area is 122 Å². The van der Waals surface area contributed by atoms with Gasteiger partial charge in [0, 0.05) is 17.9 Å². The highest BCUT2D eigenvalue weighted by Crippen LogP contribution is 2.34. The van der Waals surface area contributed by atoms with E-state index >= 15 is 0 Å². The van der Waals surface area contributed by atoms with Crippen LogP contribution in [-0.2, 0) is 0 Å². The van der Waals surface area contributed by atoms with Gasteiger partial charge in [0.25, 0.3) is 0 Å². The quantitative estimate of drug-likeness (QED) is 0.791. The number of nitrogens with one attached hydrogen (secondary N) is 1. The van der Waals surface area contributed by atoms with Gasteiger partial charge in [0.1, 0.15) is 5.69 Å². The van der Waals surface area contributed by atoms with Gasteiger partial charge in [0.05, 0.1) is 13.2 Å². The van der Waals surface area contributed by atoms with E-state index < -0.39 is 0 Å². The minimum Gasteiger partial charge on any atom is -0.480 e. The molecule has 1 aromatic rings. The molecule has 1 N–H and O–H groups in total. The number of rotatable bonds is 8. The summed E-state index contributed by atoms with van der Waals surface area (Å²) in [5, 5.41) is 3.61. The average Bonchev–Trinajstić information content (AvgIpc) is 2.47. The van der Waals surface area contributed by atoms with Crippen molar-refractivity contribution in [1.82, 2.24) is 20.2 Å². The van der Waals surface area contributed by atoms with E-state index in [0.29, 0.717) is 5.88 Å². The van der Waals surface area contributed by atoms with Gasteiger partial charge in [-0.1, -0.05) is 13.8 Å². The van der Waals surface area contributed by atoms with Gasteiger partial charge in [-0.15, -0.1) is 0 Å². The van der Waals surface area contributed by atoms with Gasteiger partial charge in [-0.05, 0) is 40.4 Å². The van der Waals surface area contributed by atoms with E-state index in [1.54, 1.807) is 19.5 Å². The summed E-state index contributed by atoms with van der Waals surface area (Å²) in [5.74, 6) is 0.600. The normalized spacial score (nSPS) is 15.9. The zero-order chi connectivity index (χ0) is 15.2. The fraction of sp³-hybridized carbons (Fsp3) is 0.733. The Hall–Kier alpha value is -1.20. The number of likely N-dealkylation sites (N-methyl/N-ethyl adjacent to an activating group) is 1. The third-order valence-electron chi connectivity index (χ3n) is 4.12. The third kappa shape index (κ3) is 3.46. The van der Waals surface area contributed by atoms with Crippen LogP contribution in [-0.4, -0.2) is 48.2 Å². The molecule has 1 aromatic heterocycles. The molecule has 5 heteroatoms. The average molecular weight is 280 g/mol. The summed E-state index contributed by atoms with van der Waals surface area (Å²) in [5.41, 5.74) is 0.819. The van der Waals surface area contributed by atoms with E-state index in [1.807, 2.05) is 0 Å². The molecule has 0 radical (unpaired) electrons. The maximum Gasteiger partial charge on any atom is 0.237 e. The van der Waals surface area contributed by atoms with Crippen molar-refractivity contribution in [3.8, 4) is 5.88 Å². The van der Waals surface area contributed by atoms with Crippen LogP contribution in [0.2, 0.25) is 0 Å². The molecule has 0 saturated carbocycles. The van der Waals surface area contributed by atoms with Gasteiger partial charge in [-0.25, -0.2) is 4.98 Å². The number of ether oxygens (including phenoxy) is 1. The first-order valence-electron chi connectivity index (χ1n) is 7.26. The smallest absolute Gasteiger partial charge is 0.237 e. The van der Waals surface area contributed by atoms with Gasteiger partial charge in [-0.2, -0.15) is 0 Å². The predicted molar refractivity (Wildman–Crippen MR) is 82.0 cm³/mol. The van der Waals surface area contributed by atoms with Crippen molar-refractivity contribution >= 4 is 0 Å². The van der Waals surface area contributed by atoms with E-state index in [9.17, 15) is 0 Å². The third-order valence-corrected chi connectivity index (χ3v) is 4.12. The number of hydrogen-bond donors (Lipinski definition) is 1. The van der Waals surface area contributed by atoms with Crippen LogP contribution in [0.1, 0.15) is 45.3 Å². The van der Waals surface area contributed by atoms with Crippen molar-refractivity contribution < 1.29 is 4.74 Å². The van der Waals surface area contributed by atoms with Crippen LogP contribution in [0.25, 0.3) is 0 Å². The lowest BCUT2D eigenvalue weighted by atomic mass is 9.85. The zero-order valence-corrected chi connectivity index (χ0v) is 13.6. The van der Waals surface area contributed by atoms with E-state index in [1.165, 1.54) is 0 Å². The Balaban J connectivity index is 3.23. The standard InChI is InChI=1S/C15H28N4O/c1-7-9-17-13(15(3,8-2)19(4)5)12-14(20-6)18-11-10-16-12/h10-11,13,17H,7-9H2,1-6H3. The number of methoxy groups -OCH3 is 1. The molecule has 0 aliphatic carbocycles. The lowest BCUT2D eigenvalue weighted by molar-refractivity contribution is 0.108. The molecule has 0 fully saturated rings. The molecule has 1 heterocycles. The van der Waals surface area contributed by atoms with Crippen LogP contribution in [0.4, 0.5) is 0 Å². The Morgan fingerprint density at radius 2 is 1.95 bits per heavy atom. The second-order valence-corrected chi connectivity index (χ2v) is 5.44. The zero-order valence-electron chi connectivity index (χ0n) is 13.6. The summed E-state index contributed by atoms with van der Waals surface area (Å²) in [6.07, 6.45) is 5.47. The highest BCUT2D eigenvalue weighted by Gasteiger charge is 2.38. The minimum atomic E-state index is -0.0571. The topological polar surface area (TPSA) is 50.3 Å². The number of aromatic nitrogens is 2. The molecular formula is C15H28N4O. The Bertz CT molecular complexity index is 411. The van der Waals surface area contributed by atoms with Gasteiger partial charge < -0.3 is 15.0 Å². The van der Waals surface area contributed by atoms with Crippen LogP contribution >= 0.6 is 0 Å². The lowest BCUT2D eigenvalue weighted by Gasteiger charge is -2.42. The predicted octanol–water partition coefficient (Wildman–Crippen LogP) is 2.26. The number of nitrogens with zero attached hydrogens (tertiary/aromatic N) is 3.